The van der Waals surface area contributed by atoms with Gasteiger partial charge < -0.3 is 13.9 Å². The molecule has 0 amide bonds. The van der Waals surface area contributed by atoms with Crippen molar-refractivity contribution in [1.82, 2.24) is 4.57 Å². The van der Waals surface area contributed by atoms with Crippen LogP contribution in [0.1, 0.15) is 22.3 Å². The molecule has 8 aromatic carbocycles. The van der Waals surface area contributed by atoms with Crippen LogP contribution in [0.4, 0.5) is 17.1 Å². The van der Waals surface area contributed by atoms with Gasteiger partial charge in [-0.2, -0.15) is 0 Å². The third-order valence-corrected chi connectivity index (χ3v) is 11.0. The first-order chi connectivity index (χ1) is 25.8. The van der Waals surface area contributed by atoms with Gasteiger partial charge >= 0.3 is 0 Å². The van der Waals surface area contributed by atoms with Crippen molar-refractivity contribution in [3.63, 3.8) is 0 Å². The molecule has 3 heteroatoms. The SMILES string of the molecule is c1ccc(-n2c3ccccc3c3ccc(N4c5ccccc5C(c5ccccc5)(c5cccc6c5oc5ccccc56)c5ccccc54)cc32)cc1. The van der Waals surface area contributed by atoms with Gasteiger partial charge in [-0.3, -0.25) is 0 Å². The number of nitrogens with zero attached hydrogens (tertiary/aromatic N) is 2. The molecule has 52 heavy (non-hydrogen) atoms. The van der Waals surface area contributed by atoms with Crippen LogP contribution in [-0.4, -0.2) is 4.57 Å². The zero-order chi connectivity index (χ0) is 34.2. The van der Waals surface area contributed by atoms with Crippen LogP contribution in [-0.2, 0) is 5.41 Å². The Morgan fingerprint density at radius 2 is 0.962 bits per heavy atom. The Morgan fingerprint density at radius 3 is 1.73 bits per heavy atom. The quantitative estimate of drug-likeness (QED) is 0.187. The molecule has 0 radical (unpaired) electrons. The van der Waals surface area contributed by atoms with E-state index in [1.807, 2.05) is 0 Å². The van der Waals surface area contributed by atoms with E-state index in [0.29, 0.717) is 0 Å². The summed E-state index contributed by atoms with van der Waals surface area (Å²) in [6.45, 7) is 0. The Kier molecular flexibility index (Phi) is 6.17. The smallest absolute Gasteiger partial charge is 0.140 e. The number of benzene rings is 8. The third-order valence-electron chi connectivity index (χ3n) is 11.0. The van der Waals surface area contributed by atoms with Crippen molar-refractivity contribution in [2.75, 3.05) is 4.90 Å². The molecule has 0 saturated heterocycles. The summed E-state index contributed by atoms with van der Waals surface area (Å²) in [5.41, 5.74) is 12.8. The normalized spacial score (nSPS) is 13.5. The van der Waals surface area contributed by atoms with E-state index in [1.54, 1.807) is 0 Å². The molecule has 3 heterocycles. The molecule has 0 atom stereocenters. The molecule has 0 saturated carbocycles. The molecule has 0 aliphatic carbocycles. The predicted octanol–water partition coefficient (Wildman–Crippen LogP) is 12.8. The van der Waals surface area contributed by atoms with Gasteiger partial charge in [0.25, 0.3) is 0 Å². The van der Waals surface area contributed by atoms with Gasteiger partial charge in [-0.25, -0.2) is 0 Å². The van der Waals surface area contributed by atoms with Crippen LogP contribution in [0, 0.1) is 0 Å². The molecule has 1 aliphatic rings. The number of para-hydroxylation sites is 6. The summed E-state index contributed by atoms with van der Waals surface area (Å²) in [5, 5.41) is 4.73. The predicted molar refractivity (Wildman–Crippen MR) is 215 cm³/mol. The maximum absolute atomic E-state index is 6.84. The average molecular weight is 665 g/mol. The molecule has 10 aromatic rings. The van der Waals surface area contributed by atoms with Crippen molar-refractivity contribution < 1.29 is 4.42 Å². The highest BCUT2D eigenvalue weighted by Gasteiger charge is 2.48. The molecular formula is C49H32N2O. The van der Waals surface area contributed by atoms with Crippen LogP contribution in [0.25, 0.3) is 49.4 Å². The van der Waals surface area contributed by atoms with Crippen LogP contribution in [0.15, 0.2) is 199 Å². The summed E-state index contributed by atoms with van der Waals surface area (Å²) in [7, 11) is 0. The molecule has 11 rings (SSSR count). The number of anilines is 3. The fraction of sp³-hybridized carbons (Fsp3) is 0.0204. The van der Waals surface area contributed by atoms with Crippen LogP contribution in [0.5, 0.6) is 0 Å². The summed E-state index contributed by atoms with van der Waals surface area (Å²) < 4.78 is 9.24. The zero-order valence-corrected chi connectivity index (χ0v) is 28.3. The molecule has 3 nitrogen and oxygen atoms in total. The van der Waals surface area contributed by atoms with Crippen molar-refractivity contribution in [3.05, 3.63) is 216 Å². The maximum Gasteiger partial charge on any atom is 0.140 e. The molecule has 0 N–H and O–H groups in total. The highest BCUT2D eigenvalue weighted by molar-refractivity contribution is 6.11. The van der Waals surface area contributed by atoms with Crippen molar-refractivity contribution >= 4 is 60.8 Å². The van der Waals surface area contributed by atoms with E-state index in [2.05, 4.69) is 204 Å². The first kappa shape index (κ1) is 28.9. The molecule has 0 fully saturated rings. The Labute approximate surface area is 301 Å². The fourth-order valence-corrected chi connectivity index (χ4v) is 8.97. The molecular weight excluding hydrogens is 633 g/mol. The number of aromatic nitrogens is 1. The van der Waals surface area contributed by atoms with E-state index in [-0.39, 0.29) is 0 Å². The molecule has 2 aromatic heterocycles. The maximum atomic E-state index is 6.84. The van der Waals surface area contributed by atoms with Crippen LogP contribution in [0.2, 0.25) is 0 Å². The van der Waals surface area contributed by atoms with Gasteiger partial charge in [0.2, 0.25) is 0 Å². The second kappa shape index (κ2) is 11.1. The van der Waals surface area contributed by atoms with E-state index in [9.17, 15) is 0 Å². The lowest BCUT2D eigenvalue weighted by molar-refractivity contribution is 0.643. The van der Waals surface area contributed by atoms with Gasteiger partial charge in [0, 0.05) is 38.5 Å². The first-order valence-corrected chi connectivity index (χ1v) is 17.9. The lowest BCUT2D eigenvalue weighted by atomic mass is 9.62. The Bertz CT molecular complexity index is 2920. The monoisotopic (exact) mass is 664 g/mol. The van der Waals surface area contributed by atoms with Gasteiger partial charge in [-0.1, -0.05) is 146 Å². The second-order valence-corrected chi connectivity index (χ2v) is 13.7. The molecule has 0 spiro atoms. The number of fused-ring (bicyclic) bond motifs is 8. The minimum Gasteiger partial charge on any atom is -0.456 e. The molecule has 0 unspecified atom stereocenters. The van der Waals surface area contributed by atoms with E-state index < -0.39 is 5.41 Å². The largest absolute Gasteiger partial charge is 0.456 e. The standard InChI is InChI=1S/C49H32N2O/c1-3-16-33(17-4-1)49(42-25-15-22-39-38-21-8-14-29-47(38)52-48(39)42)40-23-9-12-27-44(40)51(45-28-13-10-24-41(45)49)35-30-31-37-36-20-7-11-26-43(36)50(46(37)32-35)34-18-5-2-6-19-34/h1-32H. The van der Waals surface area contributed by atoms with Gasteiger partial charge in [0.05, 0.1) is 27.8 Å². The van der Waals surface area contributed by atoms with E-state index in [1.165, 1.54) is 38.5 Å². The zero-order valence-electron chi connectivity index (χ0n) is 28.3. The highest BCUT2D eigenvalue weighted by Crippen LogP contribution is 2.59. The summed E-state index contributed by atoms with van der Waals surface area (Å²) in [6, 6.07) is 70.2. The van der Waals surface area contributed by atoms with E-state index in [0.717, 1.165) is 50.3 Å². The summed E-state index contributed by atoms with van der Waals surface area (Å²) in [5.74, 6) is 0. The van der Waals surface area contributed by atoms with Crippen molar-refractivity contribution in [2.24, 2.45) is 0 Å². The lowest BCUT2D eigenvalue weighted by Gasteiger charge is -2.46. The Morgan fingerprint density at radius 1 is 0.385 bits per heavy atom. The van der Waals surface area contributed by atoms with Crippen molar-refractivity contribution in [1.29, 1.82) is 0 Å². The Balaban J connectivity index is 1.24. The van der Waals surface area contributed by atoms with Gasteiger partial charge in [-0.15, -0.1) is 0 Å². The minimum atomic E-state index is -0.665. The summed E-state index contributed by atoms with van der Waals surface area (Å²) in [4.78, 5) is 2.46. The van der Waals surface area contributed by atoms with Gasteiger partial charge in [0.1, 0.15) is 11.2 Å². The van der Waals surface area contributed by atoms with E-state index in [4.69, 9.17) is 4.42 Å². The topological polar surface area (TPSA) is 21.3 Å². The Hall–Kier alpha value is -6.84. The number of rotatable bonds is 4. The highest BCUT2D eigenvalue weighted by atomic mass is 16.3. The van der Waals surface area contributed by atoms with Crippen molar-refractivity contribution in [2.45, 2.75) is 5.41 Å². The number of hydrogen-bond acceptors (Lipinski definition) is 2. The molecule has 244 valence electrons. The summed E-state index contributed by atoms with van der Waals surface area (Å²) >= 11 is 0. The van der Waals surface area contributed by atoms with Crippen LogP contribution in [0.3, 0.4) is 0 Å². The third kappa shape index (κ3) is 3.91. The summed E-state index contributed by atoms with van der Waals surface area (Å²) in [6.07, 6.45) is 0. The van der Waals surface area contributed by atoms with E-state index >= 15 is 0 Å². The van der Waals surface area contributed by atoms with Crippen molar-refractivity contribution in [3.8, 4) is 5.69 Å². The lowest BCUT2D eigenvalue weighted by Crippen LogP contribution is -2.37. The van der Waals surface area contributed by atoms with Gasteiger partial charge in [-0.05, 0) is 65.2 Å². The number of furan rings is 1. The molecule has 0 bridgehead atoms. The number of hydrogen-bond donors (Lipinski definition) is 0. The molecule has 1 aliphatic heterocycles. The minimum absolute atomic E-state index is 0.665. The average Bonchev–Trinajstić information content (AvgIpc) is 3.76. The van der Waals surface area contributed by atoms with Gasteiger partial charge in [0.15, 0.2) is 0 Å². The second-order valence-electron chi connectivity index (χ2n) is 13.7. The van der Waals surface area contributed by atoms with Crippen LogP contribution < -0.4 is 4.90 Å². The van der Waals surface area contributed by atoms with Crippen LogP contribution >= 0.6 is 0 Å². The first-order valence-electron chi connectivity index (χ1n) is 17.9. The fourth-order valence-electron chi connectivity index (χ4n) is 8.97.